The largest absolute Gasteiger partial charge is 0.337 e. The van der Waals surface area contributed by atoms with Gasteiger partial charge in [-0.15, -0.1) is 11.8 Å². The van der Waals surface area contributed by atoms with Crippen molar-refractivity contribution in [2.45, 2.75) is 11.4 Å². The fourth-order valence-electron chi connectivity index (χ4n) is 1.74. The number of carbonyl (C=O) groups excluding carboxylic acids is 1. The summed E-state index contributed by atoms with van der Waals surface area (Å²) >= 11 is 7.61. The number of hydrogen-bond donors (Lipinski definition) is 2. The quantitative estimate of drug-likeness (QED) is 0.625. The van der Waals surface area contributed by atoms with E-state index in [0.717, 1.165) is 11.3 Å². The Morgan fingerprint density at radius 2 is 1.86 bits per heavy atom. The van der Waals surface area contributed by atoms with Gasteiger partial charge >= 0.3 is 6.03 Å². The smallest absolute Gasteiger partial charge is 0.315 e. The molecule has 0 aliphatic rings. The highest BCUT2D eigenvalue weighted by Crippen LogP contribution is 2.15. The van der Waals surface area contributed by atoms with Crippen LogP contribution in [0.2, 0.25) is 5.02 Å². The molecule has 0 atom stereocenters. The van der Waals surface area contributed by atoms with Gasteiger partial charge in [0.2, 0.25) is 0 Å². The number of benzene rings is 2. The minimum absolute atomic E-state index is 0.163. The van der Waals surface area contributed by atoms with Crippen LogP contribution in [0.1, 0.15) is 5.56 Å². The number of hydrogen-bond acceptors (Lipinski definition) is 2. The van der Waals surface area contributed by atoms with E-state index < -0.39 is 0 Å². The van der Waals surface area contributed by atoms with E-state index in [0.29, 0.717) is 18.1 Å². The van der Waals surface area contributed by atoms with Gasteiger partial charge in [-0.3, -0.25) is 0 Å². The van der Waals surface area contributed by atoms with Crippen LogP contribution >= 0.6 is 23.4 Å². The molecule has 5 heteroatoms. The first-order chi connectivity index (χ1) is 10.2. The lowest BCUT2D eigenvalue weighted by Gasteiger charge is -2.08. The van der Waals surface area contributed by atoms with E-state index in [1.807, 2.05) is 42.5 Å². The van der Waals surface area contributed by atoms with Gasteiger partial charge in [0.1, 0.15) is 0 Å². The summed E-state index contributed by atoms with van der Waals surface area (Å²) in [6, 6.07) is 17.4. The number of rotatable bonds is 6. The van der Waals surface area contributed by atoms with E-state index in [1.54, 1.807) is 11.8 Å². The molecule has 0 heterocycles. The molecule has 2 N–H and O–H groups in total. The number of nitrogens with one attached hydrogen (secondary N) is 2. The molecule has 2 aromatic rings. The summed E-state index contributed by atoms with van der Waals surface area (Å²) in [5, 5.41) is 6.32. The average molecular weight is 321 g/mol. The van der Waals surface area contributed by atoms with Crippen LogP contribution in [0.25, 0.3) is 0 Å². The van der Waals surface area contributed by atoms with E-state index in [9.17, 15) is 4.79 Å². The molecule has 0 fully saturated rings. The highest BCUT2D eigenvalue weighted by molar-refractivity contribution is 7.99. The molecule has 0 saturated heterocycles. The number of carbonyl (C=O) groups is 1. The van der Waals surface area contributed by atoms with Gasteiger partial charge < -0.3 is 10.6 Å². The zero-order valence-electron chi connectivity index (χ0n) is 11.5. The van der Waals surface area contributed by atoms with Crippen molar-refractivity contribution in [3.8, 4) is 0 Å². The van der Waals surface area contributed by atoms with Crippen LogP contribution in [-0.2, 0) is 6.54 Å². The summed E-state index contributed by atoms with van der Waals surface area (Å²) in [7, 11) is 0. The van der Waals surface area contributed by atoms with E-state index in [-0.39, 0.29) is 6.03 Å². The SMILES string of the molecule is O=C(NCCSc1ccccc1)NCc1cccc(Cl)c1. The average Bonchev–Trinajstić information content (AvgIpc) is 2.51. The Morgan fingerprint density at radius 3 is 2.62 bits per heavy atom. The van der Waals surface area contributed by atoms with Gasteiger partial charge in [-0.1, -0.05) is 41.9 Å². The molecule has 0 aliphatic carbocycles. The van der Waals surface area contributed by atoms with Crippen molar-refractivity contribution < 1.29 is 4.79 Å². The van der Waals surface area contributed by atoms with E-state index in [1.165, 1.54) is 4.90 Å². The van der Waals surface area contributed by atoms with Gasteiger partial charge in [0.05, 0.1) is 0 Å². The first-order valence-corrected chi connectivity index (χ1v) is 8.04. The summed E-state index contributed by atoms with van der Waals surface area (Å²) in [5.41, 5.74) is 0.983. The molecule has 110 valence electrons. The summed E-state index contributed by atoms with van der Waals surface area (Å²) in [4.78, 5) is 12.9. The van der Waals surface area contributed by atoms with Gasteiger partial charge in [-0.25, -0.2) is 4.79 Å². The molecular weight excluding hydrogens is 304 g/mol. The number of amides is 2. The van der Waals surface area contributed by atoms with Crippen molar-refractivity contribution in [3.05, 3.63) is 65.2 Å². The standard InChI is InChI=1S/C16H17ClN2OS/c17-14-6-4-5-13(11-14)12-19-16(20)18-9-10-21-15-7-2-1-3-8-15/h1-8,11H,9-10,12H2,(H2,18,19,20). The molecule has 2 amide bonds. The third-order valence-electron chi connectivity index (χ3n) is 2.74. The summed E-state index contributed by atoms with van der Waals surface area (Å²) in [6.07, 6.45) is 0. The molecule has 0 bridgehead atoms. The fraction of sp³-hybridized carbons (Fsp3) is 0.188. The predicted molar refractivity (Wildman–Crippen MR) is 88.9 cm³/mol. The number of thioether (sulfide) groups is 1. The molecule has 0 aliphatic heterocycles. The lowest BCUT2D eigenvalue weighted by Crippen LogP contribution is -2.36. The molecule has 0 aromatic heterocycles. The van der Waals surface area contributed by atoms with Crippen molar-refractivity contribution in [3.63, 3.8) is 0 Å². The van der Waals surface area contributed by atoms with Gasteiger partial charge in [-0.2, -0.15) is 0 Å². The van der Waals surface area contributed by atoms with Crippen molar-refractivity contribution in [1.82, 2.24) is 10.6 Å². The molecule has 0 unspecified atom stereocenters. The predicted octanol–water partition coefficient (Wildman–Crippen LogP) is 3.93. The summed E-state index contributed by atoms with van der Waals surface area (Å²) in [5.74, 6) is 0.842. The second-order valence-corrected chi connectivity index (χ2v) is 6.01. The molecule has 0 radical (unpaired) electrons. The van der Waals surface area contributed by atoms with Crippen LogP contribution in [0.4, 0.5) is 4.79 Å². The fourth-order valence-corrected chi connectivity index (χ4v) is 2.74. The lowest BCUT2D eigenvalue weighted by atomic mass is 10.2. The highest BCUT2D eigenvalue weighted by atomic mass is 35.5. The first-order valence-electron chi connectivity index (χ1n) is 6.68. The Bertz CT molecular complexity index is 577. The molecule has 2 aromatic carbocycles. The molecular formula is C16H17ClN2OS. The van der Waals surface area contributed by atoms with Crippen molar-refractivity contribution in [2.24, 2.45) is 0 Å². The van der Waals surface area contributed by atoms with Crippen LogP contribution in [0.5, 0.6) is 0 Å². The Balaban J connectivity index is 1.62. The summed E-state index contributed by atoms with van der Waals surface area (Å²) in [6.45, 7) is 1.10. The zero-order chi connectivity index (χ0) is 14.9. The van der Waals surface area contributed by atoms with E-state index in [4.69, 9.17) is 11.6 Å². The molecule has 2 rings (SSSR count). The first kappa shape index (κ1) is 15.7. The topological polar surface area (TPSA) is 41.1 Å². The maximum atomic E-state index is 11.6. The Kier molecular flexibility index (Phi) is 6.44. The summed E-state index contributed by atoms with van der Waals surface area (Å²) < 4.78 is 0. The molecule has 3 nitrogen and oxygen atoms in total. The third kappa shape index (κ3) is 6.10. The maximum absolute atomic E-state index is 11.6. The Morgan fingerprint density at radius 1 is 1.05 bits per heavy atom. The van der Waals surface area contributed by atoms with Crippen LogP contribution in [0.15, 0.2) is 59.5 Å². The molecule has 0 spiro atoms. The normalized spacial score (nSPS) is 10.1. The minimum Gasteiger partial charge on any atom is -0.337 e. The molecule has 21 heavy (non-hydrogen) atoms. The van der Waals surface area contributed by atoms with Crippen LogP contribution < -0.4 is 10.6 Å². The highest BCUT2D eigenvalue weighted by Gasteiger charge is 2.00. The lowest BCUT2D eigenvalue weighted by molar-refractivity contribution is 0.241. The van der Waals surface area contributed by atoms with E-state index in [2.05, 4.69) is 22.8 Å². The van der Waals surface area contributed by atoms with Gasteiger partial charge in [-0.05, 0) is 29.8 Å². The Labute approximate surface area is 134 Å². The van der Waals surface area contributed by atoms with E-state index >= 15 is 0 Å². The van der Waals surface area contributed by atoms with Gasteiger partial charge in [0.25, 0.3) is 0 Å². The van der Waals surface area contributed by atoms with Crippen molar-refractivity contribution in [1.29, 1.82) is 0 Å². The van der Waals surface area contributed by atoms with Crippen LogP contribution in [0.3, 0.4) is 0 Å². The minimum atomic E-state index is -0.163. The van der Waals surface area contributed by atoms with Crippen LogP contribution in [0, 0.1) is 0 Å². The van der Waals surface area contributed by atoms with Crippen molar-refractivity contribution in [2.75, 3.05) is 12.3 Å². The number of urea groups is 1. The zero-order valence-corrected chi connectivity index (χ0v) is 13.1. The van der Waals surface area contributed by atoms with Crippen LogP contribution in [-0.4, -0.2) is 18.3 Å². The number of halogens is 1. The van der Waals surface area contributed by atoms with Crippen molar-refractivity contribution >= 4 is 29.4 Å². The maximum Gasteiger partial charge on any atom is 0.315 e. The monoisotopic (exact) mass is 320 g/mol. The second-order valence-electron chi connectivity index (χ2n) is 4.40. The Hall–Kier alpha value is -1.65. The second kappa shape index (κ2) is 8.60. The van der Waals surface area contributed by atoms with Gasteiger partial charge in [0, 0.05) is 28.8 Å². The third-order valence-corrected chi connectivity index (χ3v) is 3.99. The molecule has 0 saturated carbocycles. The van der Waals surface area contributed by atoms with Gasteiger partial charge in [0.15, 0.2) is 0 Å².